The maximum atomic E-state index is 12.0. The van der Waals surface area contributed by atoms with Gasteiger partial charge in [-0.2, -0.15) is 0 Å². The van der Waals surface area contributed by atoms with E-state index in [1.807, 2.05) is 32.9 Å². The van der Waals surface area contributed by atoms with E-state index < -0.39 is 14.4 Å². The zero-order valence-electron chi connectivity index (χ0n) is 14.3. The third-order valence-corrected chi connectivity index (χ3v) is 5.97. The maximum absolute atomic E-state index is 12.0. The Morgan fingerprint density at radius 2 is 1.50 bits per heavy atom. The Bertz CT molecular complexity index is 466. The van der Waals surface area contributed by atoms with E-state index in [-0.39, 0.29) is 5.97 Å². The summed E-state index contributed by atoms with van der Waals surface area (Å²) in [6.45, 7) is 5.55. The van der Waals surface area contributed by atoms with Crippen LogP contribution < -0.4 is 0 Å². The summed E-state index contributed by atoms with van der Waals surface area (Å²) in [5, 5.41) is 0. The topological polar surface area (TPSA) is 54.0 Å². The standard InChI is InChI=1S/C16H26O5Si/c1-16(2,3)21-15(17)14-9-7-13(8-10-14)11-12-22(18-4,19-5)20-6/h7-10H,11-12H2,1-6H3. The van der Waals surface area contributed by atoms with Crippen LogP contribution in [-0.4, -0.2) is 41.7 Å². The lowest BCUT2D eigenvalue weighted by Crippen LogP contribution is -2.43. The molecule has 0 fully saturated rings. The zero-order chi connectivity index (χ0) is 16.8. The Morgan fingerprint density at radius 3 is 1.91 bits per heavy atom. The van der Waals surface area contributed by atoms with E-state index in [9.17, 15) is 4.79 Å². The van der Waals surface area contributed by atoms with Crippen molar-refractivity contribution in [3.05, 3.63) is 35.4 Å². The third-order valence-electron chi connectivity index (χ3n) is 3.24. The van der Waals surface area contributed by atoms with Crippen molar-refractivity contribution in [3.8, 4) is 0 Å². The molecule has 5 nitrogen and oxygen atoms in total. The second kappa shape index (κ2) is 7.87. The minimum absolute atomic E-state index is 0.312. The molecule has 22 heavy (non-hydrogen) atoms. The highest BCUT2D eigenvalue weighted by atomic mass is 28.4. The number of hydrogen-bond acceptors (Lipinski definition) is 5. The summed E-state index contributed by atoms with van der Waals surface area (Å²) < 4.78 is 21.5. The fourth-order valence-corrected chi connectivity index (χ4v) is 3.71. The minimum Gasteiger partial charge on any atom is -0.456 e. The lowest BCUT2D eigenvalue weighted by molar-refractivity contribution is 0.00694. The molecule has 0 radical (unpaired) electrons. The van der Waals surface area contributed by atoms with Crippen molar-refractivity contribution in [2.24, 2.45) is 0 Å². The first-order valence-electron chi connectivity index (χ1n) is 7.23. The first kappa shape index (κ1) is 18.8. The number of aryl methyl sites for hydroxylation is 1. The molecule has 6 heteroatoms. The van der Waals surface area contributed by atoms with Gasteiger partial charge in [0.05, 0.1) is 5.56 Å². The van der Waals surface area contributed by atoms with Crippen LogP contribution in [0.1, 0.15) is 36.7 Å². The number of rotatable bonds is 7. The van der Waals surface area contributed by atoms with Gasteiger partial charge >= 0.3 is 14.8 Å². The van der Waals surface area contributed by atoms with Gasteiger partial charge in [0.15, 0.2) is 0 Å². The van der Waals surface area contributed by atoms with Gasteiger partial charge in [0, 0.05) is 27.4 Å². The molecule has 0 heterocycles. The van der Waals surface area contributed by atoms with Crippen LogP contribution in [0.25, 0.3) is 0 Å². The highest BCUT2D eigenvalue weighted by Crippen LogP contribution is 2.18. The van der Waals surface area contributed by atoms with E-state index in [4.69, 9.17) is 18.0 Å². The Balaban J connectivity index is 2.68. The molecule has 0 aliphatic heterocycles. The Morgan fingerprint density at radius 1 is 1.00 bits per heavy atom. The largest absolute Gasteiger partial charge is 0.500 e. The lowest BCUT2D eigenvalue weighted by atomic mass is 10.1. The van der Waals surface area contributed by atoms with Crippen LogP contribution in [-0.2, 0) is 24.4 Å². The van der Waals surface area contributed by atoms with Gasteiger partial charge in [-0.15, -0.1) is 0 Å². The van der Waals surface area contributed by atoms with Crippen molar-refractivity contribution < 1.29 is 22.8 Å². The summed E-state index contributed by atoms with van der Waals surface area (Å²) in [5.41, 5.74) is 1.15. The molecule has 0 N–H and O–H groups in total. The summed E-state index contributed by atoms with van der Waals surface area (Å²) >= 11 is 0. The van der Waals surface area contributed by atoms with Gasteiger partial charge in [-0.05, 0) is 44.9 Å². The first-order chi connectivity index (χ1) is 10.2. The maximum Gasteiger partial charge on any atom is 0.500 e. The molecular weight excluding hydrogens is 300 g/mol. The van der Waals surface area contributed by atoms with Crippen LogP contribution in [0.15, 0.2) is 24.3 Å². The molecule has 0 atom stereocenters. The van der Waals surface area contributed by atoms with Crippen molar-refractivity contribution in [1.29, 1.82) is 0 Å². The number of ether oxygens (including phenoxy) is 1. The lowest BCUT2D eigenvalue weighted by Gasteiger charge is -2.24. The van der Waals surface area contributed by atoms with E-state index >= 15 is 0 Å². The molecule has 1 rings (SSSR count). The smallest absolute Gasteiger partial charge is 0.456 e. The van der Waals surface area contributed by atoms with E-state index in [0.717, 1.165) is 12.0 Å². The molecule has 0 amide bonds. The molecule has 0 spiro atoms. The van der Waals surface area contributed by atoms with E-state index in [1.165, 1.54) is 0 Å². The van der Waals surface area contributed by atoms with Gasteiger partial charge in [-0.25, -0.2) is 4.79 Å². The molecule has 0 unspecified atom stereocenters. The summed E-state index contributed by atoms with van der Waals surface area (Å²) in [6, 6.07) is 8.07. The van der Waals surface area contributed by atoms with Gasteiger partial charge < -0.3 is 18.0 Å². The van der Waals surface area contributed by atoms with Crippen LogP contribution >= 0.6 is 0 Å². The Hall–Kier alpha value is -1.21. The summed E-state index contributed by atoms with van der Waals surface area (Å²) in [5.74, 6) is -0.312. The Kier molecular flexibility index (Phi) is 6.74. The molecule has 0 aliphatic rings. The summed E-state index contributed by atoms with van der Waals surface area (Å²) in [7, 11) is 2.25. The van der Waals surface area contributed by atoms with Crippen molar-refractivity contribution >= 4 is 14.8 Å². The van der Waals surface area contributed by atoms with E-state index in [2.05, 4.69) is 0 Å². The fraction of sp³-hybridized carbons (Fsp3) is 0.562. The number of carbonyl (C=O) groups is 1. The molecule has 0 saturated carbocycles. The molecule has 1 aromatic rings. The number of benzene rings is 1. The molecule has 0 bridgehead atoms. The highest BCUT2D eigenvalue weighted by Gasteiger charge is 2.37. The molecule has 0 aliphatic carbocycles. The van der Waals surface area contributed by atoms with E-state index in [0.29, 0.717) is 11.6 Å². The van der Waals surface area contributed by atoms with Crippen LogP contribution in [0.5, 0.6) is 0 Å². The highest BCUT2D eigenvalue weighted by molar-refractivity contribution is 6.60. The van der Waals surface area contributed by atoms with E-state index in [1.54, 1.807) is 33.5 Å². The monoisotopic (exact) mass is 326 g/mol. The summed E-state index contributed by atoms with van der Waals surface area (Å²) in [6.07, 6.45) is 0.760. The third kappa shape index (κ3) is 5.53. The number of esters is 1. The average molecular weight is 326 g/mol. The second-order valence-electron chi connectivity index (χ2n) is 5.99. The predicted octanol–water partition coefficient (Wildman–Crippen LogP) is 3.06. The van der Waals surface area contributed by atoms with Crippen molar-refractivity contribution in [2.45, 2.75) is 38.8 Å². The van der Waals surface area contributed by atoms with Crippen molar-refractivity contribution in [3.63, 3.8) is 0 Å². The second-order valence-corrected chi connectivity index (χ2v) is 9.08. The van der Waals surface area contributed by atoms with Gasteiger partial charge in [0.1, 0.15) is 5.60 Å². The van der Waals surface area contributed by atoms with Crippen molar-refractivity contribution in [2.75, 3.05) is 21.3 Å². The van der Waals surface area contributed by atoms with Crippen LogP contribution in [0.4, 0.5) is 0 Å². The molecule has 0 aromatic heterocycles. The quantitative estimate of drug-likeness (QED) is 0.569. The molecule has 1 aromatic carbocycles. The van der Waals surface area contributed by atoms with Crippen LogP contribution in [0, 0.1) is 0 Å². The molecule has 124 valence electrons. The number of carbonyl (C=O) groups excluding carboxylic acids is 1. The Labute approximate surface area is 133 Å². The average Bonchev–Trinajstić information content (AvgIpc) is 2.48. The molecule has 0 saturated heterocycles. The minimum atomic E-state index is -2.56. The zero-order valence-corrected chi connectivity index (χ0v) is 15.3. The normalized spacial score (nSPS) is 12.3. The van der Waals surface area contributed by atoms with Crippen LogP contribution in [0.3, 0.4) is 0 Å². The van der Waals surface area contributed by atoms with Gasteiger partial charge in [0.2, 0.25) is 0 Å². The summed E-state index contributed by atoms with van der Waals surface area (Å²) in [4.78, 5) is 12.0. The van der Waals surface area contributed by atoms with Crippen molar-refractivity contribution in [1.82, 2.24) is 0 Å². The van der Waals surface area contributed by atoms with Crippen LogP contribution in [0.2, 0.25) is 6.04 Å². The van der Waals surface area contributed by atoms with Gasteiger partial charge in [0.25, 0.3) is 0 Å². The predicted molar refractivity (Wildman–Crippen MR) is 86.9 cm³/mol. The molecular formula is C16H26O5Si. The SMILES string of the molecule is CO[Si](CCc1ccc(C(=O)OC(C)(C)C)cc1)(OC)OC. The number of hydrogen-bond donors (Lipinski definition) is 0. The van der Waals surface area contributed by atoms with Gasteiger partial charge in [-0.1, -0.05) is 12.1 Å². The van der Waals surface area contributed by atoms with Gasteiger partial charge in [-0.3, -0.25) is 0 Å². The first-order valence-corrected chi connectivity index (χ1v) is 9.16. The fourth-order valence-electron chi connectivity index (χ4n) is 2.00.